The number of ether oxygens (including phenoxy) is 3. The Morgan fingerprint density at radius 2 is 2.00 bits per heavy atom. The summed E-state index contributed by atoms with van der Waals surface area (Å²) in [6.07, 6.45) is 1.60. The summed E-state index contributed by atoms with van der Waals surface area (Å²) >= 11 is 0. The third-order valence-electron chi connectivity index (χ3n) is 4.41. The molecule has 0 spiro atoms. The molecule has 1 unspecified atom stereocenters. The lowest BCUT2D eigenvalue weighted by molar-refractivity contribution is 0.0514. The number of aromatic nitrogens is 2. The van der Waals surface area contributed by atoms with E-state index in [9.17, 15) is 4.79 Å². The van der Waals surface area contributed by atoms with Gasteiger partial charge < -0.3 is 19.2 Å². The quantitative estimate of drug-likeness (QED) is 0.644. The summed E-state index contributed by atoms with van der Waals surface area (Å²) in [5.74, 6) is -0.439. The molecule has 0 aliphatic rings. The molecule has 0 saturated heterocycles. The van der Waals surface area contributed by atoms with E-state index < -0.39 is 5.97 Å². The number of pyridine rings is 1. The van der Waals surface area contributed by atoms with E-state index in [1.54, 1.807) is 20.2 Å². The van der Waals surface area contributed by atoms with Crippen LogP contribution in [0.25, 0.3) is 21.8 Å². The van der Waals surface area contributed by atoms with Gasteiger partial charge in [-0.15, -0.1) is 0 Å². The van der Waals surface area contributed by atoms with Gasteiger partial charge in [-0.1, -0.05) is 12.1 Å². The van der Waals surface area contributed by atoms with E-state index in [1.807, 2.05) is 26.0 Å². The molecule has 0 aliphatic carbocycles. The molecule has 0 radical (unpaired) electrons. The van der Waals surface area contributed by atoms with Crippen molar-refractivity contribution in [1.29, 1.82) is 0 Å². The molecule has 0 fully saturated rings. The van der Waals surface area contributed by atoms with Crippen molar-refractivity contribution in [1.82, 2.24) is 9.97 Å². The van der Waals surface area contributed by atoms with Crippen LogP contribution in [0.2, 0.25) is 0 Å². The van der Waals surface area contributed by atoms with Crippen LogP contribution in [0.4, 0.5) is 0 Å². The number of benzene rings is 1. The smallest absolute Gasteiger partial charge is 0.357 e. The number of nitrogens with one attached hydrogen (secondary N) is 1. The molecule has 0 aliphatic heterocycles. The third kappa shape index (κ3) is 3.18. The average Bonchev–Trinajstić information content (AvgIpc) is 3.01. The van der Waals surface area contributed by atoms with Gasteiger partial charge in [0.2, 0.25) is 0 Å². The van der Waals surface area contributed by atoms with Crippen molar-refractivity contribution in [2.75, 3.05) is 20.3 Å². The van der Waals surface area contributed by atoms with Crippen LogP contribution in [0.1, 0.15) is 48.5 Å². The van der Waals surface area contributed by atoms with Crippen LogP contribution in [-0.2, 0) is 20.8 Å². The maximum absolute atomic E-state index is 12.4. The van der Waals surface area contributed by atoms with Crippen molar-refractivity contribution in [3.63, 3.8) is 0 Å². The highest BCUT2D eigenvalue weighted by atomic mass is 16.5. The Bertz CT molecular complexity index is 932. The Morgan fingerprint density at radius 3 is 2.69 bits per heavy atom. The normalized spacial score (nSPS) is 12.6. The molecule has 0 amide bonds. The summed E-state index contributed by atoms with van der Waals surface area (Å²) in [6, 6.07) is 6.06. The number of rotatable bonds is 7. The molecular formula is C20H24N2O4. The first-order chi connectivity index (χ1) is 12.6. The van der Waals surface area contributed by atoms with Crippen molar-refractivity contribution < 1.29 is 19.0 Å². The van der Waals surface area contributed by atoms with Gasteiger partial charge in [-0.05, 0) is 32.4 Å². The lowest BCUT2D eigenvalue weighted by Gasteiger charge is -2.15. The van der Waals surface area contributed by atoms with Crippen molar-refractivity contribution in [2.24, 2.45) is 0 Å². The molecule has 2 heterocycles. The first-order valence-electron chi connectivity index (χ1n) is 8.82. The van der Waals surface area contributed by atoms with Gasteiger partial charge in [0.05, 0.1) is 31.0 Å². The number of hydrogen-bond acceptors (Lipinski definition) is 5. The van der Waals surface area contributed by atoms with Gasteiger partial charge in [-0.2, -0.15) is 0 Å². The summed E-state index contributed by atoms with van der Waals surface area (Å²) in [7, 11) is 1.60. The van der Waals surface area contributed by atoms with Crippen LogP contribution in [0.15, 0.2) is 24.4 Å². The molecule has 3 rings (SSSR count). The van der Waals surface area contributed by atoms with Gasteiger partial charge in [0.15, 0.2) is 5.69 Å². The van der Waals surface area contributed by atoms with Crippen LogP contribution in [0.5, 0.6) is 0 Å². The number of hydrogen-bond donors (Lipinski definition) is 1. The first kappa shape index (κ1) is 18.4. The topological polar surface area (TPSA) is 73.4 Å². The number of aromatic amines is 1. The number of esters is 1. The van der Waals surface area contributed by atoms with E-state index in [2.05, 4.69) is 16.0 Å². The Hall–Kier alpha value is -2.44. The van der Waals surface area contributed by atoms with Crippen LogP contribution in [-0.4, -0.2) is 36.3 Å². The molecule has 26 heavy (non-hydrogen) atoms. The van der Waals surface area contributed by atoms with Crippen LogP contribution in [0, 0.1) is 0 Å². The van der Waals surface area contributed by atoms with Gasteiger partial charge in [0.1, 0.15) is 0 Å². The van der Waals surface area contributed by atoms with Crippen molar-refractivity contribution in [2.45, 2.75) is 33.5 Å². The monoisotopic (exact) mass is 356 g/mol. The third-order valence-corrected chi connectivity index (χ3v) is 4.41. The number of H-pyrrole nitrogens is 1. The lowest BCUT2D eigenvalue weighted by Crippen LogP contribution is -2.11. The highest BCUT2D eigenvalue weighted by Gasteiger charge is 2.22. The molecule has 6 nitrogen and oxygen atoms in total. The number of carbonyl (C=O) groups excluding carboxylic acids is 1. The van der Waals surface area contributed by atoms with Gasteiger partial charge in [-0.3, -0.25) is 0 Å². The fraction of sp³-hybridized carbons (Fsp3) is 0.400. The fourth-order valence-electron chi connectivity index (χ4n) is 3.37. The van der Waals surface area contributed by atoms with Crippen molar-refractivity contribution in [3.05, 3.63) is 41.2 Å². The Labute approximate surface area is 152 Å². The molecule has 138 valence electrons. The molecule has 0 saturated carbocycles. The van der Waals surface area contributed by atoms with Gasteiger partial charge in [0, 0.05) is 35.6 Å². The second-order valence-corrected chi connectivity index (χ2v) is 6.02. The maximum atomic E-state index is 12.4. The van der Waals surface area contributed by atoms with E-state index in [0.717, 1.165) is 32.9 Å². The first-order valence-corrected chi connectivity index (χ1v) is 8.82. The number of carbonyl (C=O) groups is 1. The highest BCUT2D eigenvalue weighted by Crippen LogP contribution is 2.35. The Kier molecular flexibility index (Phi) is 5.54. The van der Waals surface area contributed by atoms with E-state index in [-0.39, 0.29) is 12.7 Å². The second-order valence-electron chi connectivity index (χ2n) is 6.02. The predicted molar refractivity (Wildman–Crippen MR) is 100 cm³/mol. The fourth-order valence-corrected chi connectivity index (χ4v) is 3.37. The largest absolute Gasteiger partial charge is 0.461 e. The summed E-state index contributed by atoms with van der Waals surface area (Å²) in [5.41, 5.74) is 3.92. The number of fused-ring (bicyclic) bond motifs is 3. The second kappa shape index (κ2) is 7.85. The molecule has 3 aromatic rings. The summed E-state index contributed by atoms with van der Waals surface area (Å²) in [4.78, 5) is 20.1. The van der Waals surface area contributed by atoms with Crippen LogP contribution >= 0.6 is 0 Å². The molecular weight excluding hydrogens is 332 g/mol. The number of methoxy groups -OCH3 is 1. The summed E-state index contributed by atoms with van der Waals surface area (Å²) in [6.45, 7) is 6.97. The Balaban J connectivity index is 2.34. The molecule has 6 heteroatoms. The zero-order valence-electron chi connectivity index (χ0n) is 15.6. The zero-order valence-corrected chi connectivity index (χ0v) is 15.6. The van der Waals surface area contributed by atoms with Crippen LogP contribution < -0.4 is 0 Å². The maximum Gasteiger partial charge on any atom is 0.357 e. The minimum atomic E-state index is -0.439. The number of nitrogens with zero attached hydrogens (tertiary/aromatic N) is 1. The standard InChI is InChI=1S/C20H24N2O4/c1-5-25-12(3)13-8-7-9-15-17(13)18-14(11-24-4)19(20(23)26-6-2)21-10-16(18)22-15/h7-10,12,22H,5-6,11H2,1-4H3. The van der Waals surface area contributed by atoms with Gasteiger partial charge >= 0.3 is 5.97 Å². The average molecular weight is 356 g/mol. The SMILES string of the molecule is CCOC(=O)c1ncc2[nH]c3cccc(C(C)OCC)c3c2c1COC. The van der Waals surface area contributed by atoms with Crippen molar-refractivity contribution >= 4 is 27.8 Å². The van der Waals surface area contributed by atoms with E-state index in [0.29, 0.717) is 18.9 Å². The van der Waals surface area contributed by atoms with Crippen LogP contribution in [0.3, 0.4) is 0 Å². The summed E-state index contributed by atoms with van der Waals surface area (Å²) in [5, 5.41) is 1.96. The molecule has 1 aromatic carbocycles. The molecule has 1 atom stereocenters. The molecule has 1 N–H and O–H groups in total. The molecule has 0 bridgehead atoms. The highest BCUT2D eigenvalue weighted by molar-refractivity contribution is 6.12. The predicted octanol–water partition coefficient (Wildman–Crippen LogP) is 4.14. The molecule has 2 aromatic heterocycles. The minimum absolute atomic E-state index is 0.0719. The van der Waals surface area contributed by atoms with Gasteiger partial charge in [0.25, 0.3) is 0 Å². The minimum Gasteiger partial charge on any atom is -0.461 e. The zero-order chi connectivity index (χ0) is 18.7. The summed E-state index contributed by atoms with van der Waals surface area (Å²) < 4.78 is 16.4. The van der Waals surface area contributed by atoms with Crippen molar-refractivity contribution in [3.8, 4) is 0 Å². The van der Waals surface area contributed by atoms with E-state index in [1.165, 1.54) is 0 Å². The lowest BCUT2D eigenvalue weighted by atomic mass is 9.99. The van der Waals surface area contributed by atoms with Gasteiger partial charge in [-0.25, -0.2) is 9.78 Å². The van der Waals surface area contributed by atoms with E-state index in [4.69, 9.17) is 14.2 Å². The Morgan fingerprint density at radius 1 is 1.19 bits per heavy atom. The van der Waals surface area contributed by atoms with E-state index >= 15 is 0 Å².